The molecule has 2 nitrogen and oxygen atoms in total. The highest BCUT2D eigenvalue weighted by atomic mass is 32.2. The average Bonchev–Trinajstić information content (AvgIpc) is 2.23. The molecule has 6 heteroatoms. The van der Waals surface area contributed by atoms with Gasteiger partial charge in [0, 0.05) is 24.9 Å². The van der Waals surface area contributed by atoms with Gasteiger partial charge in [-0.3, -0.25) is 0 Å². The largest absolute Gasteiger partial charge is 0.441 e. The highest BCUT2D eigenvalue weighted by Crippen LogP contribution is 2.29. The highest BCUT2D eigenvalue weighted by molar-refractivity contribution is 8.00. The van der Waals surface area contributed by atoms with E-state index < -0.39 is 5.51 Å². The van der Waals surface area contributed by atoms with E-state index in [-0.39, 0.29) is 23.6 Å². The van der Waals surface area contributed by atoms with Crippen LogP contribution in [0.25, 0.3) is 0 Å². The van der Waals surface area contributed by atoms with Gasteiger partial charge in [0.15, 0.2) is 0 Å². The lowest BCUT2D eigenvalue weighted by Crippen LogP contribution is -2.41. The molecule has 102 valence electrons. The van der Waals surface area contributed by atoms with Crippen molar-refractivity contribution in [2.75, 3.05) is 18.9 Å². The second-order valence-electron chi connectivity index (χ2n) is 4.62. The summed E-state index contributed by atoms with van der Waals surface area (Å²) in [6, 6.07) is 0.296. The van der Waals surface area contributed by atoms with Gasteiger partial charge < -0.3 is 10.1 Å². The molecule has 1 aliphatic heterocycles. The van der Waals surface area contributed by atoms with Crippen LogP contribution in [0.1, 0.15) is 26.7 Å². The quantitative estimate of drug-likeness (QED) is 0.777. The fraction of sp³-hybridized carbons (Fsp3) is 1.00. The Morgan fingerprint density at radius 2 is 2.12 bits per heavy atom. The van der Waals surface area contributed by atoms with Gasteiger partial charge in [-0.1, -0.05) is 13.8 Å². The van der Waals surface area contributed by atoms with Gasteiger partial charge in [-0.15, -0.1) is 0 Å². The third-order valence-corrected chi connectivity index (χ3v) is 3.60. The highest BCUT2D eigenvalue weighted by Gasteiger charge is 2.28. The predicted molar refractivity (Wildman–Crippen MR) is 64.1 cm³/mol. The molecular formula is C11H20F3NOS. The van der Waals surface area contributed by atoms with Crippen LogP contribution < -0.4 is 5.32 Å². The molecule has 2 unspecified atom stereocenters. The molecule has 1 saturated heterocycles. The van der Waals surface area contributed by atoms with E-state index in [1.54, 1.807) is 0 Å². The van der Waals surface area contributed by atoms with Crippen molar-refractivity contribution in [2.24, 2.45) is 5.92 Å². The first-order chi connectivity index (χ1) is 7.88. The van der Waals surface area contributed by atoms with Crippen molar-refractivity contribution >= 4 is 11.8 Å². The Morgan fingerprint density at radius 1 is 1.41 bits per heavy atom. The van der Waals surface area contributed by atoms with Gasteiger partial charge in [0.2, 0.25) is 0 Å². The van der Waals surface area contributed by atoms with Crippen LogP contribution in [0, 0.1) is 5.92 Å². The van der Waals surface area contributed by atoms with E-state index >= 15 is 0 Å². The molecule has 1 fully saturated rings. The second-order valence-corrected chi connectivity index (χ2v) is 5.78. The van der Waals surface area contributed by atoms with Gasteiger partial charge in [-0.05, 0) is 30.5 Å². The number of thioether (sulfide) groups is 1. The van der Waals surface area contributed by atoms with Gasteiger partial charge in [0.25, 0.3) is 0 Å². The first kappa shape index (κ1) is 15.1. The fourth-order valence-electron chi connectivity index (χ4n) is 1.91. The van der Waals surface area contributed by atoms with Crippen LogP contribution >= 0.6 is 11.8 Å². The summed E-state index contributed by atoms with van der Waals surface area (Å²) >= 11 is 0.0355. The maximum absolute atomic E-state index is 11.9. The summed E-state index contributed by atoms with van der Waals surface area (Å²) < 4.78 is 41.3. The minimum Gasteiger partial charge on any atom is -0.378 e. The van der Waals surface area contributed by atoms with E-state index in [4.69, 9.17) is 4.74 Å². The van der Waals surface area contributed by atoms with Crippen LogP contribution in [-0.4, -0.2) is 36.6 Å². The van der Waals surface area contributed by atoms with Crippen molar-refractivity contribution in [3.63, 3.8) is 0 Å². The lowest BCUT2D eigenvalue weighted by molar-refractivity contribution is -0.0330. The van der Waals surface area contributed by atoms with E-state index in [0.717, 1.165) is 12.8 Å². The van der Waals surface area contributed by atoms with E-state index in [1.807, 2.05) is 0 Å². The molecule has 0 aromatic rings. The topological polar surface area (TPSA) is 21.3 Å². The lowest BCUT2D eigenvalue weighted by Gasteiger charge is -2.32. The first-order valence-electron chi connectivity index (χ1n) is 5.94. The minimum absolute atomic E-state index is 0.0355. The number of alkyl halides is 3. The third kappa shape index (κ3) is 6.52. The average molecular weight is 271 g/mol. The van der Waals surface area contributed by atoms with Crippen molar-refractivity contribution < 1.29 is 17.9 Å². The molecule has 0 radical (unpaired) electrons. The second kappa shape index (κ2) is 6.85. The molecule has 0 spiro atoms. The van der Waals surface area contributed by atoms with E-state index in [0.29, 0.717) is 25.1 Å². The van der Waals surface area contributed by atoms with Crippen LogP contribution in [-0.2, 0) is 4.74 Å². The summed E-state index contributed by atoms with van der Waals surface area (Å²) in [5.41, 5.74) is -4.11. The number of ether oxygens (including phenoxy) is 1. The summed E-state index contributed by atoms with van der Waals surface area (Å²) in [6.07, 6.45) is 2.02. The zero-order valence-corrected chi connectivity index (χ0v) is 11.0. The maximum Gasteiger partial charge on any atom is 0.441 e. The van der Waals surface area contributed by atoms with Crippen LogP contribution in [0.5, 0.6) is 0 Å². The van der Waals surface area contributed by atoms with Crippen molar-refractivity contribution in [3.05, 3.63) is 0 Å². The third-order valence-electron chi connectivity index (χ3n) is 2.86. The van der Waals surface area contributed by atoms with Crippen LogP contribution in [0.2, 0.25) is 0 Å². The number of rotatable bonds is 5. The molecule has 0 amide bonds. The van der Waals surface area contributed by atoms with Gasteiger partial charge in [0.1, 0.15) is 0 Å². The van der Waals surface area contributed by atoms with Gasteiger partial charge in [-0.2, -0.15) is 13.2 Å². The van der Waals surface area contributed by atoms with Crippen LogP contribution in [0.4, 0.5) is 13.2 Å². The molecule has 1 heterocycles. The summed E-state index contributed by atoms with van der Waals surface area (Å²) in [7, 11) is 0. The molecule has 1 aliphatic rings. The summed E-state index contributed by atoms with van der Waals surface area (Å²) in [4.78, 5) is 0. The monoisotopic (exact) mass is 271 g/mol. The summed E-state index contributed by atoms with van der Waals surface area (Å²) in [5.74, 6) is 0.539. The molecule has 1 N–H and O–H groups in total. The summed E-state index contributed by atoms with van der Waals surface area (Å²) in [6.45, 7) is 5.31. The van der Waals surface area contributed by atoms with Crippen molar-refractivity contribution in [1.29, 1.82) is 0 Å². The van der Waals surface area contributed by atoms with E-state index in [9.17, 15) is 13.2 Å². The molecule has 0 aromatic heterocycles. The Kier molecular flexibility index (Phi) is 6.09. The fourth-order valence-corrected chi connectivity index (χ4v) is 2.36. The molecule has 0 saturated carbocycles. The number of nitrogens with one attached hydrogen (secondary N) is 1. The van der Waals surface area contributed by atoms with Crippen LogP contribution in [0.3, 0.4) is 0 Å². The molecular weight excluding hydrogens is 251 g/mol. The molecule has 2 atom stereocenters. The lowest BCUT2D eigenvalue weighted by atomic mass is 9.95. The van der Waals surface area contributed by atoms with E-state index in [2.05, 4.69) is 19.2 Å². The van der Waals surface area contributed by atoms with E-state index in [1.165, 1.54) is 0 Å². The van der Waals surface area contributed by atoms with Gasteiger partial charge >= 0.3 is 5.51 Å². The normalized spacial score (nSPS) is 26.5. The minimum atomic E-state index is -4.11. The Balaban J connectivity index is 2.15. The van der Waals surface area contributed by atoms with Crippen molar-refractivity contribution in [2.45, 2.75) is 44.3 Å². The smallest absolute Gasteiger partial charge is 0.378 e. The number of hydrogen-bond acceptors (Lipinski definition) is 3. The maximum atomic E-state index is 11.9. The zero-order chi connectivity index (χ0) is 12.9. The zero-order valence-electron chi connectivity index (χ0n) is 10.2. The SMILES string of the molecule is CC(C)C1CC(NCCSC(F)(F)F)CCO1. The molecule has 1 rings (SSSR count). The Morgan fingerprint density at radius 3 is 2.71 bits per heavy atom. The van der Waals surface area contributed by atoms with Gasteiger partial charge in [-0.25, -0.2) is 0 Å². The van der Waals surface area contributed by atoms with Crippen molar-refractivity contribution in [3.8, 4) is 0 Å². The Hall–Kier alpha value is 0.0600. The number of halogens is 3. The molecule has 0 aromatic carbocycles. The Labute approximate surface area is 105 Å². The summed E-state index contributed by atoms with van der Waals surface area (Å²) in [5, 5.41) is 3.18. The molecule has 0 aliphatic carbocycles. The van der Waals surface area contributed by atoms with Crippen LogP contribution in [0.15, 0.2) is 0 Å². The predicted octanol–water partition coefficient (Wildman–Crippen LogP) is 3.03. The number of hydrogen-bond donors (Lipinski definition) is 1. The first-order valence-corrected chi connectivity index (χ1v) is 6.92. The van der Waals surface area contributed by atoms with Gasteiger partial charge in [0.05, 0.1) is 6.10 Å². The molecule has 0 bridgehead atoms. The molecule has 17 heavy (non-hydrogen) atoms. The standard InChI is InChI=1S/C11H20F3NOS/c1-8(2)10-7-9(3-5-16-10)15-4-6-17-11(12,13)14/h8-10,15H,3-7H2,1-2H3. The van der Waals surface area contributed by atoms with Crippen molar-refractivity contribution in [1.82, 2.24) is 5.32 Å². The Bertz CT molecular complexity index is 223.